The molecule has 0 fully saturated rings. The van der Waals surface area contributed by atoms with Crippen LogP contribution in [0.15, 0.2) is 29.2 Å². The predicted molar refractivity (Wildman–Crippen MR) is 71.4 cm³/mol. The van der Waals surface area contributed by atoms with Crippen molar-refractivity contribution in [2.75, 3.05) is 6.61 Å². The summed E-state index contributed by atoms with van der Waals surface area (Å²) in [5.41, 5.74) is -0.290. The summed E-state index contributed by atoms with van der Waals surface area (Å²) in [7, 11) is -9.76. The second-order valence-electron chi connectivity index (χ2n) is 4.44. The lowest BCUT2D eigenvalue weighted by molar-refractivity contribution is -0.144. The highest BCUT2D eigenvalue weighted by Crippen LogP contribution is 3.02. The Labute approximate surface area is 123 Å². The number of hydrogen-bond donors (Lipinski definition) is 1. The second kappa shape index (κ2) is 5.11. The Hall–Kier alpha value is -1.84. The van der Waals surface area contributed by atoms with Gasteiger partial charge in [0.05, 0.1) is 6.61 Å². The Bertz CT molecular complexity index is 585. The van der Waals surface area contributed by atoms with Crippen LogP contribution < -0.4 is 5.32 Å². The number of carbonyl (C=O) groups excluding carboxylic acids is 2. The monoisotopic (exact) mass is 347 g/mol. The number of amides is 1. The first-order chi connectivity index (χ1) is 9.74. The molecule has 4 nitrogen and oxygen atoms in total. The molecule has 0 heterocycles. The Morgan fingerprint density at radius 3 is 2.05 bits per heavy atom. The largest absolute Gasteiger partial charge is 0.464 e. The molecule has 0 unspecified atom stereocenters. The van der Waals surface area contributed by atoms with Crippen molar-refractivity contribution in [2.24, 2.45) is 0 Å². The highest BCUT2D eigenvalue weighted by Gasteiger charge is 2.65. The van der Waals surface area contributed by atoms with Crippen LogP contribution in [0.5, 0.6) is 0 Å². The van der Waals surface area contributed by atoms with Crippen molar-refractivity contribution in [3.8, 4) is 0 Å². The van der Waals surface area contributed by atoms with Crippen molar-refractivity contribution in [1.29, 1.82) is 0 Å². The van der Waals surface area contributed by atoms with Gasteiger partial charge in [-0.2, -0.15) is 0 Å². The van der Waals surface area contributed by atoms with Gasteiger partial charge in [-0.3, -0.25) is 4.79 Å². The molecule has 0 radical (unpaired) electrons. The van der Waals surface area contributed by atoms with E-state index in [-0.39, 0.29) is 24.3 Å². The number of rotatable bonds is 5. The number of nitrogens with one attached hydrogen (secondary N) is 1. The first-order valence-electron chi connectivity index (χ1n) is 6.06. The third kappa shape index (κ3) is 4.86. The molecule has 0 bridgehead atoms. The molecule has 1 rings (SSSR count). The summed E-state index contributed by atoms with van der Waals surface area (Å²) >= 11 is 0. The topological polar surface area (TPSA) is 55.4 Å². The summed E-state index contributed by atoms with van der Waals surface area (Å²) < 4.78 is 67.2. The average Bonchev–Trinajstić information content (AvgIpc) is 2.36. The number of carbonyl (C=O) groups is 2. The van der Waals surface area contributed by atoms with E-state index in [2.05, 4.69) is 10.1 Å². The van der Waals surface area contributed by atoms with Crippen molar-refractivity contribution in [3.63, 3.8) is 0 Å². The van der Waals surface area contributed by atoms with E-state index in [9.17, 15) is 29.0 Å². The van der Waals surface area contributed by atoms with E-state index in [1.54, 1.807) is 6.92 Å². The van der Waals surface area contributed by atoms with Gasteiger partial charge >= 0.3 is 16.2 Å². The number of hydrogen-bond acceptors (Lipinski definition) is 3. The van der Waals surface area contributed by atoms with E-state index in [0.29, 0.717) is 12.1 Å². The van der Waals surface area contributed by atoms with Crippen molar-refractivity contribution in [3.05, 3.63) is 29.8 Å². The summed E-state index contributed by atoms with van der Waals surface area (Å²) in [5, 5.41) is 2.19. The Morgan fingerprint density at radius 2 is 1.64 bits per heavy atom. The van der Waals surface area contributed by atoms with Crippen LogP contribution in [-0.4, -0.2) is 24.5 Å². The van der Waals surface area contributed by atoms with E-state index in [1.807, 2.05) is 0 Å². The minimum atomic E-state index is -9.76. The molecule has 1 N–H and O–H groups in total. The van der Waals surface area contributed by atoms with Crippen LogP contribution in [0.2, 0.25) is 0 Å². The second-order valence-corrected chi connectivity index (χ2v) is 6.85. The average molecular weight is 347 g/mol. The zero-order valence-corrected chi connectivity index (χ0v) is 12.4. The lowest BCUT2D eigenvalue weighted by Gasteiger charge is -2.40. The summed E-state index contributed by atoms with van der Waals surface area (Å²) in [4.78, 5) is 20.9. The highest BCUT2D eigenvalue weighted by molar-refractivity contribution is 8.45. The van der Waals surface area contributed by atoms with Gasteiger partial charge in [-0.25, -0.2) is 4.79 Å². The van der Waals surface area contributed by atoms with E-state index >= 15 is 0 Å². The molecule has 1 aromatic rings. The molecular formula is C12H14F5NO3S. The number of esters is 1. The summed E-state index contributed by atoms with van der Waals surface area (Å²) in [6.07, 6.45) is 0. The molecule has 126 valence electrons. The van der Waals surface area contributed by atoms with Crippen LogP contribution in [0.1, 0.15) is 24.2 Å². The number of benzene rings is 1. The van der Waals surface area contributed by atoms with Crippen LogP contribution in [-0.2, 0) is 9.53 Å². The molecular weight excluding hydrogens is 333 g/mol. The molecule has 0 saturated heterocycles. The van der Waals surface area contributed by atoms with Gasteiger partial charge < -0.3 is 10.1 Å². The Balaban J connectivity index is 2.89. The maximum absolute atomic E-state index is 12.5. The van der Waals surface area contributed by atoms with Gasteiger partial charge in [0.2, 0.25) is 0 Å². The molecule has 1 aromatic carbocycles. The quantitative estimate of drug-likeness (QED) is 0.646. The molecule has 22 heavy (non-hydrogen) atoms. The van der Waals surface area contributed by atoms with E-state index in [1.165, 1.54) is 6.92 Å². The minimum Gasteiger partial charge on any atom is -0.464 e. The third-order valence-corrected chi connectivity index (χ3v) is 3.71. The Morgan fingerprint density at radius 1 is 1.14 bits per heavy atom. The summed E-state index contributed by atoms with van der Waals surface area (Å²) in [6, 6.07) is 0.459. The predicted octanol–water partition coefficient (Wildman–Crippen LogP) is 4.03. The molecule has 1 atom stereocenters. The standard InChI is InChI=1S/C12H14F5NO3S/c1-3-21-12(20)8(2)18-11(19)9-4-6-10(7-5-9)22(13,14,15,16)17/h4-8H,3H2,1-2H3,(H,18,19)/t8-/m1/s1. The van der Waals surface area contributed by atoms with Crippen LogP contribution >= 0.6 is 10.2 Å². The lowest BCUT2D eigenvalue weighted by Crippen LogP contribution is -2.39. The molecule has 0 aliphatic heterocycles. The van der Waals surface area contributed by atoms with Crippen LogP contribution in [0.25, 0.3) is 0 Å². The first kappa shape index (κ1) is 18.2. The molecule has 1 amide bonds. The molecule has 10 heteroatoms. The fourth-order valence-corrected chi connectivity index (χ4v) is 2.12. The molecule has 0 aliphatic rings. The van der Waals surface area contributed by atoms with Gasteiger partial charge in [-0.15, -0.1) is 0 Å². The van der Waals surface area contributed by atoms with Gasteiger partial charge in [0.1, 0.15) is 10.9 Å². The fourth-order valence-electron chi connectivity index (χ4n) is 1.47. The maximum Gasteiger partial charge on any atom is 0.328 e. The lowest BCUT2D eigenvalue weighted by atomic mass is 10.2. The van der Waals surface area contributed by atoms with Gasteiger partial charge in [-0.05, 0) is 38.1 Å². The summed E-state index contributed by atoms with van der Waals surface area (Å²) in [5.74, 6) is -1.60. The van der Waals surface area contributed by atoms with Crippen molar-refractivity contribution in [2.45, 2.75) is 24.8 Å². The van der Waals surface area contributed by atoms with Gasteiger partial charge in [0.15, 0.2) is 0 Å². The molecule has 0 saturated carbocycles. The van der Waals surface area contributed by atoms with E-state index in [4.69, 9.17) is 0 Å². The van der Waals surface area contributed by atoms with Crippen molar-refractivity contribution >= 4 is 22.1 Å². The smallest absolute Gasteiger partial charge is 0.328 e. The van der Waals surface area contributed by atoms with Crippen LogP contribution in [0.3, 0.4) is 0 Å². The highest BCUT2D eigenvalue weighted by atomic mass is 32.5. The van der Waals surface area contributed by atoms with Gasteiger partial charge in [0, 0.05) is 5.56 Å². The van der Waals surface area contributed by atoms with E-state index in [0.717, 1.165) is 0 Å². The molecule has 0 spiro atoms. The van der Waals surface area contributed by atoms with Gasteiger partial charge in [0.25, 0.3) is 5.91 Å². The number of halogens is 5. The van der Waals surface area contributed by atoms with Crippen molar-refractivity contribution in [1.82, 2.24) is 5.32 Å². The SMILES string of the molecule is CCOC(=O)[C@@H](C)NC(=O)c1ccc(S(F)(F)(F)(F)F)cc1. The Kier molecular flexibility index (Phi) is 4.23. The zero-order valence-electron chi connectivity index (χ0n) is 11.6. The molecule has 0 aliphatic carbocycles. The molecule has 0 aromatic heterocycles. The van der Waals surface area contributed by atoms with E-state index < -0.39 is 33.0 Å². The van der Waals surface area contributed by atoms with Crippen molar-refractivity contribution < 1.29 is 33.8 Å². The fraction of sp³-hybridized carbons (Fsp3) is 0.333. The zero-order chi connectivity index (χ0) is 17.2. The first-order valence-corrected chi connectivity index (χ1v) is 8.01. The maximum atomic E-state index is 12.5. The number of ether oxygens (including phenoxy) is 1. The normalized spacial score (nSPS) is 16.1. The third-order valence-electron chi connectivity index (χ3n) is 2.55. The minimum absolute atomic E-state index is 0.0949. The van der Waals surface area contributed by atoms with Gasteiger partial charge in [-0.1, -0.05) is 19.4 Å². The van der Waals surface area contributed by atoms with Crippen LogP contribution in [0, 0.1) is 0 Å². The van der Waals surface area contributed by atoms with Crippen LogP contribution in [0.4, 0.5) is 19.4 Å². The summed E-state index contributed by atoms with van der Waals surface area (Å²) in [6.45, 7) is 2.97.